The summed E-state index contributed by atoms with van der Waals surface area (Å²) in [6.07, 6.45) is 1.63. The van der Waals surface area contributed by atoms with E-state index in [2.05, 4.69) is 0 Å². The van der Waals surface area contributed by atoms with Crippen molar-refractivity contribution in [3.8, 4) is 5.75 Å². The molecule has 0 spiro atoms. The van der Waals surface area contributed by atoms with Gasteiger partial charge < -0.3 is 15.7 Å². The van der Waals surface area contributed by atoms with Gasteiger partial charge in [0.25, 0.3) is 0 Å². The molecule has 0 aromatic heterocycles. The topological polar surface area (TPSA) is 66.6 Å². The molecule has 1 aromatic rings. The number of aromatic hydroxyl groups is 1. The van der Waals surface area contributed by atoms with Crippen LogP contribution in [-0.2, 0) is 11.2 Å². The Bertz CT molecular complexity index is 270. The highest BCUT2D eigenvalue weighted by Gasteiger charge is 1.89. The molecule has 0 radical (unpaired) electrons. The van der Waals surface area contributed by atoms with Crippen LogP contribution < -0.4 is 5.73 Å². The van der Waals surface area contributed by atoms with Gasteiger partial charge in [0.15, 0.2) is 0 Å². The summed E-state index contributed by atoms with van der Waals surface area (Å²) in [5, 5.41) is 8.89. The molecular weight excluding hydrogens is 192 g/mol. The second kappa shape index (κ2) is 7.82. The number of hydrogen-bond acceptors (Lipinski definition) is 3. The molecule has 0 atom stereocenters. The van der Waals surface area contributed by atoms with E-state index in [1.807, 2.05) is 12.1 Å². The van der Waals surface area contributed by atoms with Crippen LogP contribution in [0.5, 0.6) is 5.75 Å². The number of nitrogens with two attached hydrogens (primary N) is 1. The highest BCUT2D eigenvalue weighted by molar-refractivity contribution is 5.45. The quantitative estimate of drug-likeness (QED) is 0.718. The molecule has 1 amide bonds. The third-order valence-corrected chi connectivity index (χ3v) is 1.58. The van der Waals surface area contributed by atoms with Crippen LogP contribution in [0.25, 0.3) is 0 Å². The van der Waals surface area contributed by atoms with Crippen molar-refractivity contribution in [1.29, 1.82) is 0 Å². The third-order valence-electron chi connectivity index (χ3n) is 1.58. The lowest BCUT2D eigenvalue weighted by Gasteiger charge is -1.96. The van der Waals surface area contributed by atoms with Crippen molar-refractivity contribution < 1.29 is 9.90 Å². The fraction of sp³-hybridized carbons (Fsp3) is 0.364. The molecule has 4 heteroatoms. The summed E-state index contributed by atoms with van der Waals surface area (Å²) in [6.45, 7) is 0.658. The number of rotatable bonds is 3. The van der Waals surface area contributed by atoms with Crippen molar-refractivity contribution in [3.63, 3.8) is 0 Å². The van der Waals surface area contributed by atoms with Gasteiger partial charge in [-0.25, -0.2) is 0 Å². The summed E-state index contributed by atoms with van der Waals surface area (Å²) >= 11 is 0. The number of nitrogens with zero attached hydrogens (tertiary/aromatic N) is 1. The first-order chi connectivity index (χ1) is 7.10. The summed E-state index contributed by atoms with van der Waals surface area (Å²) < 4.78 is 0. The number of carbonyl (C=O) groups is 1. The molecule has 3 N–H and O–H groups in total. The van der Waals surface area contributed by atoms with Gasteiger partial charge in [-0.05, 0) is 30.7 Å². The van der Waals surface area contributed by atoms with E-state index in [0.29, 0.717) is 12.3 Å². The predicted molar refractivity (Wildman–Crippen MR) is 60.6 cm³/mol. The Morgan fingerprint density at radius 3 is 2.13 bits per heavy atom. The van der Waals surface area contributed by atoms with Gasteiger partial charge in [0.1, 0.15) is 5.75 Å². The van der Waals surface area contributed by atoms with Gasteiger partial charge in [-0.1, -0.05) is 12.1 Å². The fourth-order valence-electron chi connectivity index (χ4n) is 0.829. The summed E-state index contributed by atoms with van der Waals surface area (Å²) in [5.41, 5.74) is 6.50. The minimum atomic E-state index is 0.306. The molecule has 4 nitrogen and oxygen atoms in total. The van der Waals surface area contributed by atoms with Gasteiger partial charge in [0.05, 0.1) is 0 Å². The number of amides is 1. The van der Waals surface area contributed by atoms with Crippen molar-refractivity contribution in [3.05, 3.63) is 29.8 Å². The van der Waals surface area contributed by atoms with Crippen LogP contribution >= 0.6 is 0 Å². The molecule has 0 aliphatic carbocycles. The van der Waals surface area contributed by atoms with E-state index in [0.717, 1.165) is 12.8 Å². The molecule has 0 unspecified atom stereocenters. The normalized spacial score (nSPS) is 8.73. The maximum absolute atomic E-state index is 9.43. The van der Waals surface area contributed by atoms with E-state index in [9.17, 15) is 4.79 Å². The number of phenols is 1. The minimum absolute atomic E-state index is 0.306. The Morgan fingerprint density at radius 1 is 1.33 bits per heavy atom. The Balaban J connectivity index is 0.000000336. The predicted octanol–water partition coefficient (Wildman–Crippen LogP) is 0.598. The molecule has 0 aliphatic heterocycles. The van der Waals surface area contributed by atoms with Crippen LogP contribution in [0, 0.1) is 0 Å². The molecular formula is C11H18N2O2. The SMILES string of the molecule is CN(C)C=O.NCCc1ccc(O)cc1. The van der Waals surface area contributed by atoms with E-state index >= 15 is 0 Å². The molecule has 0 saturated heterocycles. The number of hydrogen-bond donors (Lipinski definition) is 2. The molecule has 0 fully saturated rings. The first-order valence-corrected chi connectivity index (χ1v) is 4.70. The fourth-order valence-corrected chi connectivity index (χ4v) is 0.829. The summed E-state index contributed by atoms with van der Waals surface area (Å²) in [5.74, 6) is 0.306. The maximum Gasteiger partial charge on any atom is 0.209 e. The molecule has 84 valence electrons. The van der Waals surface area contributed by atoms with Crippen LogP contribution in [0.3, 0.4) is 0 Å². The largest absolute Gasteiger partial charge is 0.508 e. The van der Waals surface area contributed by atoms with Gasteiger partial charge >= 0.3 is 0 Å². The number of carbonyl (C=O) groups excluding carboxylic acids is 1. The van der Waals surface area contributed by atoms with Gasteiger partial charge in [0.2, 0.25) is 6.41 Å². The van der Waals surface area contributed by atoms with E-state index < -0.39 is 0 Å². The highest BCUT2D eigenvalue weighted by Crippen LogP contribution is 2.09. The lowest BCUT2D eigenvalue weighted by Crippen LogP contribution is -2.06. The lowest BCUT2D eigenvalue weighted by atomic mass is 10.1. The first-order valence-electron chi connectivity index (χ1n) is 4.70. The van der Waals surface area contributed by atoms with Crippen molar-refractivity contribution in [2.75, 3.05) is 20.6 Å². The Morgan fingerprint density at radius 2 is 1.80 bits per heavy atom. The zero-order valence-corrected chi connectivity index (χ0v) is 9.18. The minimum Gasteiger partial charge on any atom is -0.508 e. The zero-order valence-electron chi connectivity index (χ0n) is 9.18. The average Bonchev–Trinajstić information content (AvgIpc) is 2.23. The number of phenolic OH excluding ortho intramolecular Hbond substituents is 1. The van der Waals surface area contributed by atoms with Crippen LogP contribution in [0.4, 0.5) is 0 Å². The molecule has 1 aromatic carbocycles. The van der Waals surface area contributed by atoms with Gasteiger partial charge in [-0.2, -0.15) is 0 Å². The summed E-state index contributed by atoms with van der Waals surface area (Å²) in [4.78, 5) is 10.9. The monoisotopic (exact) mass is 210 g/mol. The highest BCUT2D eigenvalue weighted by atomic mass is 16.3. The van der Waals surface area contributed by atoms with Crippen molar-refractivity contribution in [2.24, 2.45) is 5.73 Å². The second-order valence-electron chi connectivity index (χ2n) is 3.27. The van der Waals surface area contributed by atoms with E-state index in [-0.39, 0.29) is 0 Å². The Hall–Kier alpha value is -1.55. The van der Waals surface area contributed by atoms with Crippen molar-refractivity contribution in [2.45, 2.75) is 6.42 Å². The van der Waals surface area contributed by atoms with Crippen LogP contribution in [0.1, 0.15) is 5.56 Å². The average molecular weight is 210 g/mol. The zero-order chi connectivity index (χ0) is 11.7. The van der Waals surface area contributed by atoms with Crippen LogP contribution in [-0.4, -0.2) is 37.1 Å². The second-order valence-corrected chi connectivity index (χ2v) is 3.27. The van der Waals surface area contributed by atoms with Crippen LogP contribution in [0.2, 0.25) is 0 Å². The van der Waals surface area contributed by atoms with Crippen molar-refractivity contribution >= 4 is 6.41 Å². The van der Waals surface area contributed by atoms with E-state index in [4.69, 9.17) is 10.8 Å². The molecule has 0 heterocycles. The van der Waals surface area contributed by atoms with Crippen LogP contribution in [0.15, 0.2) is 24.3 Å². The summed E-state index contributed by atoms with van der Waals surface area (Å²) in [6, 6.07) is 7.10. The smallest absolute Gasteiger partial charge is 0.209 e. The maximum atomic E-state index is 9.43. The Labute approximate surface area is 90.3 Å². The molecule has 15 heavy (non-hydrogen) atoms. The van der Waals surface area contributed by atoms with Crippen molar-refractivity contribution in [1.82, 2.24) is 4.90 Å². The first kappa shape index (κ1) is 13.4. The summed E-state index contributed by atoms with van der Waals surface area (Å²) in [7, 11) is 3.38. The van der Waals surface area contributed by atoms with Gasteiger partial charge in [-0.15, -0.1) is 0 Å². The van der Waals surface area contributed by atoms with E-state index in [1.54, 1.807) is 26.2 Å². The number of benzene rings is 1. The lowest BCUT2D eigenvalue weighted by molar-refractivity contribution is -0.115. The Kier molecular flexibility index (Phi) is 7.01. The van der Waals surface area contributed by atoms with Gasteiger partial charge in [0, 0.05) is 14.1 Å². The molecule has 0 bridgehead atoms. The molecule has 1 rings (SSSR count). The van der Waals surface area contributed by atoms with Gasteiger partial charge in [-0.3, -0.25) is 4.79 Å². The third kappa shape index (κ3) is 7.52. The standard InChI is InChI=1S/C8H11NO.C3H7NO/c9-6-5-7-1-3-8(10)4-2-7;1-4(2)3-5/h1-4,10H,5-6,9H2;3H,1-2H3. The van der Waals surface area contributed by atoms with E-state index in [1.165, 1.54) is 10.5 Å². The molecule has 0 saturated carbocycles. The molecule has 0 aliphatic rings.